The molecule has 0 aliphatic carbocycles. The molecule has 1 aliphatic rings. The maximum absolute atomic E-state index is 7.00. The lowest BCUT2D eigenvalue weighted by Crippen LogP contribution is -2.41. The maximum Gasteiger partial charge on any atom is 0.486 e. The molecule has 0 unspecified atom stereocenters. The van der Waals surface area contributed by atoms with Gasteiger partial charge >= 0.3 is 7.12 Å². The Balaban J connectivity index is 2.55. The molecule has 0 aromatic carbocycles. The summed E-state index contributed by atoms with van der Waals surface area (Å²) in [6, 6.07) is 0. The van der Waals surface area contributed by atoms with Crippen LogP contribution in [-0.2, 0) is 9.31 Å². The summed E-state index contributed by atoms with van der Waals surface area (Å²) in [7, 11) is -0.258. The van der Waals surface area contributed by atoms with Crippen molar-refractivity contribution < 1.29 is 14.4 Å². The minimum Gasteiger partial charge on any atom is -0.445 e. The van der Waals surface area contributed by atoms with Gasteiger partial charge in [0.2, 0.25) is 0 Å². The molecule has 1 saturated heterocycles. The molecule has 1 fully saturated rings. The van der Waals surface area contributed by atoms with E-state index >= 15 is 0 Å². The van der Waals surface area contributed by atoms with Crippen molar-refractivity contribution >= 4 is 7.12 Å². The fourth-order valence-corrected chi connectivity index (χ4v) is 1.26. The predicted octanol–water partition coefficient (Wildman–Crippen LogP) is 1.29. The van der Waals surface area contributed by atoms with E-state index in [9.17, 15) is 0 Å². The highest BCUT2D eigenvalue weighted by molar-refractivity contribution is 6.51. The van der Waals surface area contributed by atoms with Crippen molar-refractivity contribution in [2.75, 3.05) is 6.61 Å². The van der Waals surface area contributed by atoms with Crippen molar-refractivity contribution in [1.29, 1.82) is 0 Å². The lowest BCUT2D eigenvalue weighted by Gasteiger charge is -2.32. The Morgan fingerprint density at radius 2 is 1.64 bits per heavy atom. The van der Waals surface area contributed by atoms with Crippen LogP contribution in [0, 0.1) is 0 Å². The van der Waals surface area contributed by atoms with Crippen LogP contribution in [0.5, 0.6) is 0 Å². The van der Waals surface area contributed by atoms with Crippen LogP contribution in [0.1, 0.15) is 34.1 Å². The van der Waals surface area contributed by atoms with Gasteiger partial charge in [0.1, 0.15) is 6.61 Å². The Kier molecular flexibility index (Phi) is 3.40. The zero-order chi connectivity index (χ0) is 10.8. The maximum atomic E-state index is 7.00. The average molecular weight is 199 g/mol. The topological polar surface area (TPSA) is 41.4 Å². The third kappa shape index (κ3) is 2.38. The van der Waals surface area contributed by atoms with Gasteiger partial charge < -0.3 is 14.4 Å². The van der Waals surface area contributed by atoms with Gasteiger partial charge in [-0.05, 0) is 27.7 Å². The van der Waals surface area contributed by atoms with Gasteiger partial charge in [-0.15, -0.1) is 0 Å². The first-order valence-electron chi connectivity index (χ1n) is 5.06. The third-order valence-electron chi connectivity index (χ3n) is 2.88. The average Bonchev–Trinajstić information content (AvgIpc) is 2.21. The van der Waals surface area contributed by atoms with Crippen LogP contribution in [0.3, 0.4) is 0 Å². The summed E-state index contributed by atoms with van der Waals surface area (Å²) in [6.45, 7) is 8.54. The molecule has 0 aromatic rings. The second kappa shape index (κ2) is 4.05. The van der Waals surface area contributed by atoms with Crippen molar-refractivity contribution in [2.45, 2.75) is 45.3 Å². The van der Waals surface area contributed by atoms with E-state index in [-0.39, 0.29) is 18.3 Å². The Morgan fingerprint density at radius 1 is 1.14 bits per heavy atom. The van der Waals surface area contributed by atoms with Crippen LogP contribution in [0.4, 0.5) is 0 Å². The molecule has 0 saturated carbocycles. The molecule has 14 heavy (non-hydrogen) atoms. The van der Waals surface area contributed by atoms with Crippen molar-refractivity contribution in [3.05, 3.63) is 12.1 Å². The molecule has 3 nitrogen and oxygen atoms in total. The number of hydrogen-bond acceptors (Lipinski definition) is 2. The number of hydrogen-bond donors (Lipinski definition) is 0. The molecule has 1 rings (SSSR count). The summed E-state index contributed by atoms with van der Waals surface area (Å²) in [4.78, 5) is 0. The molecule has 80 valence electrons. The van der Waals surface area contributed by atoms with Gasteiger partial charge in [-0.2, -0.15) is 0 Å². The van der Waals surface area contributed by atoms with Crippen LogP contribution in [0.2, 0.25) is 0 Å². The highest BCUT2D eigenvalue weighted by atomic mass is 16.7. The van der Waals surface area contributed by atoms with E-state index in [2.05, 4.69) is 0 Å². The highest BCUT2D eigenvalue weighted by Crippen LogP contribution is 2.36. The summed E-state index contributed by atoms with van der Waals surface area (Å²) in [6.07, 6.45) is 2.69. The lowest BCUT2D eigenvalue weighted by atomic mass is 9.90. The molecule has 0 atom stereocenters. The van der Waals surface area contributed by atoms with Crippen LogP contribution in [0.15, 0.2) is 12.1 Å². The highest BCUT2D eigenvalue weighted by Gasteiger charge is 2.49. The second-order valence-electron chi connectivity index (χ2n) is 4.59. The van der Waals surface area contributed by atoms with Gasteiger partial charge in [-0.1, -0.05) is 12.1 Å². The third-order valence-corrected chi connectivity index (χ3v) is 2.88. The monoisotopic (exact) mass is 199 g/mol. The molecule has 0 aromatic heterocycles. The molecular weight excluding hydrogens is 179 g/mol. The normalized spacial score (nSPS) is 24.8. The van der Waals surface area contributed by atoms with Crippen molar-refractivity contribution in [3.8, 4) is 0 Å². The Morgan fingerprint density at radius 3 is 2.07 bits per heavy atom. The zero-order valence-electron chi connectivity index (χ0n) is 9.46. The van der Waals surface area contributed by atoms with E-state index in [0.29, 0.717) is 6.61 Å². The van der Waals surface area contributed by atoms with Gasteiger partial charge in [-0.3, -0.25) is 0 Å². The van der Waals surface area contributed by atoms with E-state index in [4.69, 9.17) is 14.4 Å². The van der Waals surface area contributed by atoms with E-state index in [1.54, 1.807) is 0 Å². The molecule has 2 N–H and O–H groups in total. The predicted molar refractivity (Wildman–Crippen MR) is 58.3 cm³/mol. The molecule has 0 spiro atoms. The minimum absolute atomic E-state index is 0.258. The fraction of sp³-hybridized carbons (Fsp3) is 0.800. The molecule has 0 radical (unpaired) electrons. The largest absolute Gasteiger partial charge is 0.486 e. The summed E-state index contributed by atoms with van der Waals surface area (Å²) < 4.78 is 11.5. The molecule has 1 aliphatic heterocycles. The van der Waals surface area contributed by atoms with E-state index < -0.39 is 0 Å². The van der Waals surface area contributed by atoms with Gasteiger partial charge in [0.25, 0.3) is 0 Å². The number of rotatable bonds is 3. The molecular formula is C10H20BO3+. The first-order valence-corrected chi connectivity index (χ1v) is 5.06. The van der Waals surface area contributed by atoms with Crippen LogP contribution < -0.4 is 0 Å². The molecule has 4 heteroatoms. The lowest BCUT2D eigenvalue weighted by molar-refractivity contribution is 0.00578. The van der Waals surface area contributed by atoms with Crippen LogP contribution >= 0.6 is 0 Å². The molecule has 0 amide bonds. The van der Waals surface area contributed by atoms with Gasteiger partial charge in [0.05, 0.1) is 11.2 Å². The second-order valence-corrected chi connectivity index (χ2v) is 4.59. The van der Waals surface area contributed by atoms with Crippen molar-refractivity contribution in [3.63, 3.8) is 0 Å². The van der Waals surface area contributed by atoms with Crippen molar-refractivity contribution in [1.82, 2.24) is 0 Å². The van der Waals surface area contributed by atoms with Crippen LogP contribution in [0.25, 0.3) is 0 Å². The Hall–Kier alpha value is -0.315. The Labute approximate surface area is 86.2 Å². The quantitative estimate of drug-likeness (QED) is 0.507. The summed E-state index contributed by atoms with van der Waals surface area (Å²) >= 11 is 0. The van der Waals surface area contributed by atoms with Gasteiger partial charge in [0.15, 0.2) is 0 Å². The first-order chi connectivity index (χ1) is 6.39. The smallest absolute Gasteiger partial charge is 0.445 e. The molecule has 0 bridgehead atoms. The van der Waals surface area contributed by atoms with E-state index in [1.165, 1.54) is 0 Å². The minimum atomic E-state index is -0.261. The van der Waals surface area contributed by atoms with Gasteiger partial charge in [0, 0.05) is 6.42 Å². The summed E-state index contributed by atoms with van der Waals surface area (Å²) in [5.41, 5.74) is -0.522. The SMILES string of the molecule is CC1(C)OB(/C=C/CC[OH2+])OC1(C)C. The van der Waals surface area contributed by atoms with Crippen LogP contribution in [-0.4, -0.2) is 30.0 Å². The summed E-state index contributed by atoms with van der Waals surface area (Å²) in [5.74, 6) is 1.89. The molecule has 1 heterocycles. The van der Waals surface area contributed by atoms with Crippen molar-refractivity contribution in [2.24, 2.45) is 0 Å². The van der Waals surface area contributed by atoms with E-state index in [0.717, 1.165) is 6.42 Å². The first kappa shape index (κ1) is 11.8. The fourth-order valence-electron chi connectivity index (χ4n) is 1.26. The Bertz CT molecular complexity index is 207. The zero-order valence-corrected chi connectivity index (χ0v) is 9.46. The van der Waals surface area contributed by atoms with E-state index in [1.807, 2.05) is 39.7 Å². The summed E-state index contributed by atoms with van der Waals surface area (Å²) in [5, 5.41) is 7.00. The van der Waals surface area contributed by atoms with Gasteiger partial charge in [-0.25, -0.2) is 0 Å². The standard InChI is InChI=1S/C10H19BO3/c1-9(2)10(3,4)14-11(13-9)7-5-6-8-12/h5,7,12H,6,8H2,1-4H3/p+1/b7-5+.